The Morgan fingerprint density at radius 2 is 1.75 bits per heavy atom. The lowest BCUT2D eigenvalue weighted by Gasteiger charge is -2.03. The molecule has 20 heavy (non-hydrogen) atoms. The van der Waals surface area contributed by atoms with Gasteiger partial charge in [-0.3, -0.25) is 14.9 Å². The van der Waals surface area contributed by atoms with E-state index in [0.29, 0.717) is 5.56 Å². The maximum absolute atomic E-state index is 13.5. The van der Waals surface area contributed by atoms with Gasteiger partial charge in [0.2, 0.25) is 5.82 Å². The summed E-state index contributed by atoms with van der Waals surface area (Å²) in [4.78, 5) is 21.8. The number of rotatable bonds is 4. The van der Waals surface area contributed by atoms with Gasteiger partial charge >= 0.3 is 5.69 Å². The number of carbonyl (C=O) groups excluding carboxylic acids is 1. The lowest BCUT2D eigenvalue weighted by molar-refractivity contribution is -0.387. The Kier molecular flexibility index (Phi) is 3.89. The zero-order valence-electron chi connectivity index (χ0n) is 10.8. The van der Waals surface area contributed by atoms with E-state index in [4.69, 9.17) is 0 Å². The highest BCUT2D eigenvalue weighted by Gasteiger charge is 2.17. The number of nitrogens with zero attached hydrogens (tertiary/aromatic N) is 1. The van der Waals surface area contributed by atoms with Crippen molar-refractivity contribution in [2.24, 2.45) is 0 Å². The number of halogens is 1. The normalized spacial score (nSPS) is 10.3. The molecule has 0 saturated carbocycles. The standard InChI is InChI=1S/C15H12FNO3/c1-2-10-3-5-11(6-4-10)15(18)12-7-8-14(17(19)20)13(16)9-12/h3-9H,2H2,1H3. The molecule has 0 bridgehead atoms. The van der Waals surface area contributed by atoms with E-state index in [0.717, 1.165) is 24.1 Å². The van der Waals surface area contributed by atoms with E-state index >= 15 is 0 Å². The number of nitro groups is 1. The highest BCUT2D eigenvalue weighted by atomic mass is 19.1. The third-order valence-corrected chi connectivity index (χ3v) is 3.03. The summed E-state index contributed by atoms with van der Waals surface area (Å²) in [7, 11) is 0. The molecule has 0 aliphatic rings. The average Bonchev–Trinajstić information content (AvgIpc) is 2.46. The maximum Gasteiger partial charge on any atom is 0.304 e. The van der Waals surface area contributed by atoms with Crippen molar-refractivity contribution in [2.75, 3.05) is 0 Å². The summed E-state index contributed by atoms with van der Waals surface area (Å²) in [5.74, 6) is -1.37. The minimum Gasteiger partial charge on any atom is -0.289 e. The van der Waals surface area contributed by atoms with Gasteiger partial charge in [0.15, 0.2) is 5.78 Å². The van der Waals surface area contributed by atoms with Crippen LogP contribution in [0.2, 0.25) is 0 Å². The highest BCUT2D eigenvalue weighted by Crippen LogP contribution is 2.20. The average molecular weight is 273 g/mol. The highest BCUT2D eigenvalue weighted by molar-refractivity contribution is 6.09. The maximum atomic E-state index is 13.5. The first-order valence-corrected chi connectivity index (χ1v) is 6.10. The van der Waals surface area contributed by atoms with Crippen molar-refractivity contribution < 1.29 is 14.1 Å². The Morgan fingerprint density at radius 1 is 1.15 bits per heavy atom. The Morgan fingerprint density at radius 3 is 2.25 bits per heavy atom. The molecule has 0 unspecified atom stereocenters. The van der Waals surface area contributed by atoms with E-state index in [-0.39, 0.29) is 11.3 Å². The molecule has 0 aliphatic heterocycles. The minimum atomic E-state index is -1.01. The van der Waals surface area contributed by atoms with Gasteiger partial charge in [-0.25, -0.2) is 0 Å². The third-order valence-electron chi connectivity index (χ3n) is 3.03. The Bertz CT molecular complexity index is 665. The monoisotopic (exact) mass is 273 g/mol. The van der Waals surface area contributed by atoms with Gasteiger partial charge in [0.05, 0.1) is 4.92 Å². The molecule has 2 rings (SSSR count). The molecule has 0 aromatic heterocycles. The van der Waals surface area contributed by atoms with Crippen molar-refractivity contribution in [3.8, 4) is 0 Å². The summed E-state index contributed by atoms with van der Waals surface area (Å²) in [6.45, 7) is 2.00. The molecule has 0 radical (unpaired) electrons. The predicted octanol–water partition coefficient (Wildman–Crippen LogP) is 3.53. The van der Waals surface area contributed by atoms with Gasteiger partial charge in [-0.1, -0.05) is 31.2 Å². The molecular weight excluding hydrogens is 261 g/mol. The second-order valence-corrected chi connectivity index (χ2v) is 4.30. The van der Waals surface area contributed by atoms with Gasteiger partial charge in [-0.2, -0.15) is 4.39 Å². The first-order chi connectivity index (χ1) is 9.52. The van der Waals surface area contributed by atoms with E-state index in [1.54, 1.807) is 12.1 Å². The molecule has 4 nitrogen and oxygen atoms in total. The molecule has 102 valence electrons. The molecule has 0 atom stereocenters. The quantitative estimate of drug-likeness (QED) is 0.486. The fraction of sp³-hybridized carbons (Fsp3) is 0.133. The van der Waals surface area contributed by atoms with E-state index in [1.165, 1.54) is 6.07 Å². The number of nitro benzene ring substituents is 1. The van der Waals surface area contributed by atoms with Crippen molar-refractivity contribution in [2.45, 2.75) is 13.3 Å². The van der Waals surface area contributed by atoms with Gasteiger partial charge in [0.1, 0.15) is 0 Å². The van der Waals surface area contributed by atoms with E-state index in [9.17, 15) is 19.3 Å². The van der Waals surface area contributed by atoms with Crippen LogP contribution in [0.25, 0.3) is 0 Å². The zero-order chi connectivity index (χ0) is 14.7. The Hall–Kier alpha value is -2.56. The summed E-state index contributed by atoms with van der Waals surface area (Å²) < 4.78 is 13.5. The van der Waals surface area contributed by atoms with E-state index in [1.807, 2.05) is 19.1 Å². The first kappa shape index (κ1) is 13.9. The molecule has 0 fully saturated rings. The number of carbonyl (C=O) groups is 1. The van der Waals surface area contributed by atoms with Crippen molar-refractivity contribution in [3.63, 3.8) is 0 Å². The number of hydrogen-bond donors (Lipinski definition) is 0. The summed E-state index contributed by atoms with van der Waals surface area (Å²) >= 11 is 0. The number of ketones is 1. The van der Waals surface area contributed by atoms with Crippen LogP contribution in [0.15, 0.2) is 42.5 Å². The topological polar surface area (TPSA) is 60.2 Å². The molecule has 0 saturated heterocycles. The van der Waals surface area contributed by atoms with Gasteiger partial charge < -0.3 is 0 Å². The molecular formula is C15H12FNO3. The second-order valence-electron chi connectivity index (χ2n) is 4.30. The van der Waals surface area contributed by atoms with Crippen molar-refractivity contribution in [1.29, 1.82) is 0 Å². The molecule has 0 amide bonds. The number of benzene rings is 2. The van der Waals surface area contributed by atoms with E-state index < -0.39 is 16.4 Å². The van der Waals surface area contributed by atoms with Gasteiger partial charge in [0, 0.05) is 17.2 Å². The summed E-state index contributed by atoms with van der Waals surface area (Å²) in [5.41, 5.74) is 0.979. The van der Waals surface area contributed by atoms with Crippen LogP contribution < -0.4 is 0 Å². The van der Waals surface area contributed by atoms with Crippen LogP contribution in [0.1, 0.15) is 28.4 Å². The fourth-order valence-corrected chi connectivity index (χ4v) is 1.85. The van der Waals surface area contributed by atoms with Crippen molar-refractivity contribution in [1.82, 2.24) is 0 Å². The molecule has 0 spiro atoms. The number of aryl methyl sites for hydroxylation is 1. The Balaban J connectivity index is 2.33. The summed E-state index contributed by atoms with van der Waals surface area (Å²) in [6.07, 6.45) is 0.862. The van der Waals surface area contributed by atoms with Crippen LogP contribution >= 0.6 is 0 Å². The lowest BCUT2D eigenvalue weighted by atomic mass is 10.0. The number of hydrogen-bond acceptors (Lipinski definition) is 3. The van der Waals surface area contributed by atoms with Crippen LogP contribution in [0.5, 0.6) is 0 Å². The van der Waals surface area contributed by atoms with Gasteiger partial charge in [-0.05, 0) is 24.1 Å². The molecule has 2 aromatic carbocycles. The molecule has 0 N–H and O–H groups in total. The van der Waals surface area contributed by atoms with Crippen LogP contribution in [0, 0.1) is 15.9 Å². The van der Waals surface area contributed by atoms with Gasteiger partial charge in [0.25, 0.3) is 0 Å². The van der Waals surface area contributed by atoms with Crippen molar-refractivity contribution in [3.05, 3.63) is 75.1 Å². The zero-order valence-corrected chi connectivity index (χ0v) is 10.8. The first-order valence-electron chi connectivity index (χ1n) is 6.10. The largest absolute Gasteiger partial charge is 0.304 e. The predicted molar refractivity (Wildman–Crippen MR) is 72.3 cm³/mol. The van der Waals surface area contributed by atoms with E-state index in [2.05, 4.69) is 0 Å². The summed E-state index contributed by atoms with van der Waals surface area (Å²) in [6, 6.07) is 10.2. The SMILES string of the molecule is CCc1ccc(C(=O)c2ccc([N+](=O)[O-])c(F)c2)cc1. The smallest absolute Gasteiger partial charge is 0.289 e. The van der Waals surface area contributed by atoms with Crippen LogP contribution in [-0.2, 0) is 6.42 Å². The lowest BCUT2D eigenvalue weighted by Crippen LogP contribution is -2.03. The second kappa shape index (κ2) is 5.61. The van der Waals surface area contributed by atoms with Crippen LogP contribution in [0.3, 0.4) is 0 Å². The molecule has 0 heterocycles. The summed E-state index contributed by atoms with van der Waals surface area (Å²) in [5, 5.41) is 10.5. The third kappa shape index (κ3) is 2.71. The molecule has 5 heteroatoms. The minimum absolute atomic E-state index is 0.0948. The van der Waals surface area contributed by atoms with Crippen LogP contribution in [-0.4, -0.2) is 10.7 Å². The molecule has 2 aromatic rings. The fourth-order valence-electron chi connectivity index (χ4n) is 1.85. The van der Waals surface area contributed by atoms with Gasteiger partial charge in [-0.15, -0.1) is 0 Å². The molecule has 0 aliphatic carbocycles. The van der Waals surface area contributed by atoms with Crippen LogP contribution in [0.4, 0.5) is 10.1 Å². The van der Waals surface area contributed by atoms with Crippen molar-refractivity contribution >= 4 is 11.5 Å². The Labute approximate surface area is 115 Å².